The lowest BCUT2D eigenvalue weighted by atomic mass is 9.90. The first-order valence-electron chi connectivity index (χ1n) is 11.6. The van der Waals surface area contributed by atoms with Gasteiger partial charge < -0.3 is 10.6 Å². The molecule has 0 bridgehead atoms. The van der Waals surface area contributed by atoms with Gasteiger partial charge in [0.05, 0.1) is 5.69 Å². The molecule has 4 rings (SSSR count). The van der Waals surface area contributed by atoms with E-state index < -0.39 is 5.82 Å². The predicted molar refractivity (Wildman–Crippen MR) is 130 cm³/mol. The number of hydrogen-bond acceptors (Lipinski definition) is 3. The summed E-state index contributed by atoms with van der Waals surface area (Å²) in [5.74, 6) is -0.325. The Kier molecular flexibility index (Phi) is 7.63. The Balaban J connectivity index is 1.27. The maximum atomic E-state index is 14.2. The third-order valence-electron chi connectivity index (χ3n) is 6.20. The van der Waals surface area contributed by atoms with Crippen LogP contribution in [0.1, 0.15) is 53.9 Å². The van der Waals surface area contributed by atoms with Gasteiger partial charge in [-0.3, -0.25) is 9.59 Å². The van der Waals surface area contributed by atoms with Gasteiger partial charge in [-0.25, -0.2) is 4.39 Å². The largest absolute Gasteiger partial charge is 0.324 e. The van der Waals surface area contributed by atoms with Crippen molar-refractivity contribution in [1.82, 2.24) is 5.32 Å². The van der Waals surface area contributed by atoms with Crippen LogP contribution < -0.4 is 10.6 Å². The molecular weight excluding hydrogens is 415 g/mol. The third-order valence-corrected chi connectivity index (χ3v) is 6.20. The fourth-order valence-electron chi connectivity index (χ4n) is 4.29. The molecule has 3 aromatic carbocycles. The zero-order valence-electron chi connectivity index (χ0n) is 18.6. The van der Waals surface area contributed by atoms with Crippen molar-refractivity contribution < 1.29 is 14.0 Å². The number of halogens is 1. The first-order valence-corrected chi connectivity index (χ1v) is 11.6. The number of rotatable bonds is 8. The molecular formula is C28H29FN2O2. The minimum absolute atomic E-state index is 0.00139. The van der Waals surface area contributed by atoms with Gasteiger partial charge in [-0.05, 0) is 67.1 Å². The summed E-state index contributed by atoms with van der Waals surface area (Å²) in [6, 6.07) is 22.5. The molecule has 1 aliphatic heterocycles. The van der Waals surface area contributed by atoms with E-state index >= 15 is 0 Å². The molecule has 1 saturated heterocycles. The van der Waals surface area contributed by atoms with E-state index in [4.69, 9.17) is 0 Å². The van der Waals surface area contributed by atoms with E-state index in [1.54, 1.807) is 6.07 Å². The Morgan fingerprint density at radius 3 is 2.30 bits per heavy atom. The molecule has 0 atom stereocenters. The predicted octanol–water partition coefficient (Wildman–Crippen LogP) is 5.95. The molecule has 2 N–H and O–H groups in total. The number of carbonyl (C=O) groups is 2. The minimum atomic E-state index is -0.435. The van der Waals surface area contributed by atoms with Crippen LogP contribution >= 0.6 is 0 Å². The zero-order valence-corrected chi connectivity index (χ0v) is 18.6. The number of piperidine rings is 1. The van der Waals surface area contributed by atoms with E-state index in [0.29, 0.717) is 17.9 Å². The Morgan fingerprint density at radius 1 is 0.879 bits per heavy atom. The minimum Gasteiger partial charge on any atom is -0.324 e. The van der Waals surface area contributed by atoms with Crippen LogP contribution in [0.25, 0.3) is 11.1 Å². The molecule has 3 aromatic rings. The number of benzene rings is 3. The average molecular weight is 445 g/mol. The fraction of sp³-hybridized carbons (Fsp3) is 0.286. The molecule has 0 aliphatic carbocycles. The number of nitrogens with one attached hydrogen (secondary N) is 2. The van der Waals surface area contributed by atoms with Gasteiger partial charge in [0.1, 0.15) is 5.82 Å². The lowest BCUT2D eigenvalue weighted by Crippen LogP contribution is -2.26. The zero-order chi connectivity index (χ0) is 23.0. The van der Waals surface area contributed by atoms with E-state index in [9.17, 15) is 14.0 Å². The highest BCUT2D eigenvalue weighted by atomic mass is 19.1. The molecule has 1 amide bonds. The monoisotopic (exact) mass is 444 g/mol. The maximum absolute atomic E-state index is 14.2. The van der Waals surface area contributed by atoms with E-state index in [2.05, 4.69) is 10.6 Å². The molecule has 1 fully saturated rings. The quantitative estimate of drug-likeness (QED) is 0.422. The molecule has 0 spiro atoms. The normalized spacial score (nSPS) is 14.1. The van der Waals surface area contributed by atoms with Crippen molar-refractivity contribution in [3.8, 4) is 11.1 Å². The van der Waals surface area contributed by atoms with Crippen molar-refractivity contribution in [3.05, 3.63) is 89.7 Å². The first-order chi connectivity index (χ1) is 16.1. The summed E-state index contributed by atoms with van der Waals surface area (Å²) in [7, 11) is 0. The molecule has 1 heterocycles. The summed E-state index contributed by atoms with van der Waals surface area (Å²) in [6.45, 7) is 1.90. The molecule has 170 valence electrons. The fourth-order valence-corrected chi connectivity index (χ4v) is 4.29. The second-order valence-electron chi connectivity index (χ2n) is 8.53. The van der Waals surface area contributed by atoms with Crippen LogP contribution in [0.2, 0.25) is 0 Å². The number of ketones is 1. The Morgan fingerprint density at radius 2 is 1.58 bits per heavy atom. The van der Waals surface area contributed by atoms with Gasteiger partial charge in [-0.1, -0.05) is 60.7 Å². The van der Waals surface area contributed by atoms with Crippen LogP contribution in [0, 0.1) is 5.82 Å². The van der Waals surface area contributed by atoms with Crippen LogP contribution in [-0.2, 0) is 4.79 Å². The molecule has 0 saturated carbocycles. The second-order valence-corrected chi connectivity index (χ2v) is 8.53. The number of hydrogen-bond donors (Lipinski definition) is 2. The van der Waals surface area contributed by atoms with Crippen LogP contribution in [0.3, 0.4) is 0 Å². The van der Waals surface area contributed by atoms with E-state index in [1.807, 2.05) is 60.7 Å². The lowest BCUT2D eigenvalue weighted by Gasteiger charge is -2.23. The van der Waals surface area contributed by atoms with Gasteiger partial charge in [0.2, 0.25) is 5.91 Å². The third kappa shape index (κ3) is 6.14. The van der Waals surface area contributed by atoms with E-state index in [0.717, 1.165) is 42.6 Å². The summed E-state index contributed by atoms with van der Waals surface area (Å²) in [5, 5.41) is 6.01. The van der Waals surface area contributed by atoms with Gasteiger partial charge >= 0.3 is 0 Å². The first kappa shape index (κ1) is 22.9. The van der Waals surface area contributed by atoms with Crippen molar-refractivity contribution >= 4 is 17.4 Å². The van der Waals surface area contributed by atoms with E-state index in [-0.39, 0.29) is 30.2 Å². The Hall–Kier alpha value is -3.31. The summed E-state index contributed by atoms with van der Waals surface area (Å²) in [4.78, 5) is 24.9. The van der Waals surface area contributed by atoms with Gasteiger partial charge in [0.15, 0.2) is 5.78 Å². The van der Waals surface area contributed by atoms with Crippen LogP contribution in [-0.4, -0.2) is 24.8 Å². The van der Waals surface area contributed by atoms with Crippen molar-refractivity contribution in [2.75, 3.05) is 18.4 Å². The topological polar surface area (TPSA) is 58.2 Å². The number of anilines is 1. The van der Waals surface area contributed by atoms with E-state index in [1.165, 1.54) is 6.07 Å². The van der Waals surface area contributed by atoms with Crippen molar-refractivity contribution in [3.63, 3.8) is 0 Å². The molecule has 1 aliphatic rings. The van der Waals surface area contributed by atoms with Gasteiger partial charge in [-0.15, -0.1) is 0 Å². The highest BCUT2D eigenvalue weighted by Gasteiger charge is 2.17. The van der Waals surface area contributed by atoms with Crippen LogP contribution in [0.15, 0.2) is 72.8 Å². The van der Waals surface area contributed by atoms with Crippen molar-refractivity contribution in [2.24, 2.45) is 0 Å². The molecule has 0 unspecified atom stereocenters. The number of amides is 1. The average Bonchev–Trinajstić information content (AvgIpc) is 2.86. The van der Waals surface area contributed by atoms with Crippen LogP contribution in [0.5, 0.6) is 0 Å². The number of Topliss-reactive ketones (excluding diaryl/α,β-unsaturated/α-hetero) is 1. The smallest absolute Gasteiger partial charge is 0.224 e. The summed E-state index contributed by atoms with van der Waals surface area (Å²) < 4.78 is 14.2. The highest BCUT2D eigenvalue weighted by molar-refractivity contribution is 5.97. The number of carbonyl (C=O) groups excluding carboxylic acids is 2. The van der Waals surface area contributed by atoms with Gasteiger partial charge in [-0.2, -0.15) is 0 Å². The van der Waals surface area contributed by atoms with Crippen molar-refractivity contribution in [1.29, 1.82) is 0 Å². The molecule has 33 heavy (non-hydrogen) atoms. The summed E-state index contributed by atoms with van der Waals surface area (Å²) >= 11 is 0. The Labute approximate surface area is 194 Å². The standard InChI is InChI=1S/C28H29FN2O2/c29-25-14-13-24(22-15-17-30-18-16-22)19-26(25)31-28(33)8-4-7-27(32)23-11-9-21(10-12-23)20-5-2-1-3-6-20/h1-3,5-6,9-14,19,22,30H,4,7-8,15-18H2,(H,31,33). The molecule has 0 radical (unpaired) electrons. The lowest BCUT2D eigenvalue weighted by molar-refractivity contribution is -0.116. The highest BCUT2D eigenvalue weighted by Crippen LogP contribution is 2.28. The second kappa shape index (κ2) is 11.0. The maximum Gasteiger partial charge on any atom is 0.224 e. The Bertz CT molecular complexity index is 1090. The molecule has 0 aromatic heterocycles. The summed E-state index contributed by atoms with van der Waals surface area (Å²) in [5.41, 5.74) is 4.07. The summed E-state index contributed by atoms with van der Waals surface area (Å²) in [6.07, 6.45) is 2.88. The SMILES string of the molecule is O=C(CCCC(=O)c1ccc(-c2ccccc2)cc1)Nc1cc(C2CCNCC2)ccc1F. The van der Waals surface area contributed by atoms with Gasteiger partial charge in [0, 0.05) is 18.4 Å². The van der Waals surface area contributed by atoms with Crippen LogP contribution in [0.4, 0.5) is 10.1 Å². The van der Waals surface area contributed by atoms with Crippen molar-refractivity contribution in [2.45, 2.75) is 38.0 Å². The molecule has 5 heteroatoms. The van der Waals surface area contributed by atoms with Gasteiger partial charge in [0.25, 0.3) is 0 Å². The molecule has 4 nitrogen and oxygen atoms in total.